The molecule has 0 aromatic heterocycles. The largest absolute Gasteiger partial charge is 0.508 e. The summed E-state index contributed by atoms with van der Waals surface area (Å²) < 4.78 is 0. The monoisotopic (exact) mass is 572 g/mol. The Kier molecular flexibility index (Phi) is 5.73. The van der Waals surface area contributed by atoms with Gasteiger partial charge in [0.15, 0.2) is 0 Å². The quantitative estimate of drug-likeness (QED) is 0.209. The summed E-state index contributed by atoms with van der Waals surface area (Å²) in [5, 5.41) is 22.3. The minimum atomic E-state index is 0.274. The van der Waals surface area contributed by atoms with Crippen LogP contribution in [0.25, 0.3) is 87.2 Å². The number of benzene rings is 9. The Morgan fingerprint density at radius 3 is 1.36 bits per heavy atom. The van der Waals surface area contributed by atoms with Gasteiger partial charge in [0.05, 0.1) is 0 Å². The minimum absolute atomic E-state index is 0.274. The molecule has 0 unspecified atom stereocenters. The standard InChI is InChI=1S/C44H28O/c45-36-20-17-30(18-21-36)33-19-22-39-42(25-33)41(35-16-14-29-8-2-4-10-32(29)24-35)27-43-38-12-6-5-11-37(38)40(26-44(39)43)34-15-13-28-7-1-3-9-31(28)23-34/h1-27,45H. The van der Waals surface area contributed by atoms with Crippen molar-refractivity contribution in [2.24, 2.45) is 0 Å². The first kappa shape index (κ1) is 25.6. The van der Waals surface area contributed by atoms with Crippen LogP contribution in [0.2, 0.25) is 0 Å². The van der Waals surface area contributed by atoms with Crippen molar-refractivity contribution in [3.63, 3.8) is 0 Å². The molecule has 1 heteroatoms. The van der Waals surface area contributed by atoms with Crippen LogP contribution in [0.3, 0.4) is 0 Å². The lowest BCUT2D eigenvalue weighted by atomic mass is 9.86. The lowest BCUT2D eigenvalue weighted by molar-refractivity contribution is 0.475. The number of phenols is 1. The molecular weight excluding hydrogens is 544 g/mol. The highest BCUT2D eigenvalue weighted by Crippen LogP contribution is 2.43. The number of phenolic OH excluding ortho intramolecular Hbond substituents is 1. The zero-order chi connectivity index (χ0) is 29.9. The molecule has 0 aliphatic rings. The average molecular weight is 573 g/mol. The van der Waals surface area contributed by atoms with Crippen molar-refractivity contribution in [1.29, 1.82) is 0 Å². The van der Waals surface area contributed by atoms with Crippen LogP contribution in [0.4, 0.5) is 0 Å². The molecule has 0 heterocycles. The molecular formula is C44H28O. The normalized spacial score (nSPS) is 11.6. The SMILES string of the molecule is Oc1ccc(-c2ccc3c(c2)c(-c2ccc4ccccc4c2)cc2c4ccccc4c(-c4ccc5ccccc5c4)cc32)cc1. The molecule has 0 aliphatic heterocycles. The molecule has 1 N–H and O–H groups in total. The highest BCUT2D eigenvalue weighted by atomic mass is 16.3. The molecule has 0 bridgehead atoms. The molecule has 0 atom stereocenters. The van der Waals surface area contributed by atoms with E-state index in [0.29, 0.717) is 0 Å². The van der Waals surface area contributed by atoms with E-state index < -0.39 is 0 Å². The maximum absolute atomic E-state index is 9.94. The van der Waals surface area contributed by atoms with E-state index in [-0.39, 0.29) is 5.75 Å². The summed E-state index contributed by atoms with van der Waals surface area (Å²) in [5.74, 6) is 0.274. The predicted octanol–water partition coefficient (Wildman–Crippen LogP) is 12.2. The third-order valence-corrected chi connectivity index (χ3v) is 9.30. The van der Waals surface area contributed by atoms with Gasteiger partial charge in [-0.2, -0.15) is 0 Å². The van der Waals surface area contributed by atoms with Crippen LogP contribution >= 0.6 is 0 Å². The van der Waals surface area contributed by atoms with Gasteiger partial charge in [0.25, 0.3) is 0 Å². The van der Waals surface area contributed by atoms with Crippen LogP contribution in [0.15, 0.2) is 164 Å². The van der Waals surface area contributed by atoms with Gasteiger partial charge in [-0.05, 0) is 130 Å². The van der Waals surface area contributed by atoms with E-state index in [4.69, 9.17) is 0 Å². The predicted molar refractivity (Wildman–Crippen MR) is 192 cm³/mol. The van der Waals surface area contributed by atoms with Crippen LogP contribution in [0.5, 0.6) is 5.75 Å². The van der Waals surface area contributed by atoms with Crippen molar-refractivity contribution in [2.75, 3.05) is 0 Å². The van der Waals surface area contributed by atoms with E-state index in [1.54, 1.807) is 12.1 Å². The van der Waals surface area contributed by atoms with Crippen LogP contribution in [-0.2, 0) is 0 Å². The van der Waals surface area contributed by atoms with Crippen LogP contribution in [0.1, 0.15) is 0 Å². The summed E-state index contributed by atoms with van der Waals surface area (Å²) in [6, 6.07) is 58.6. The lowest BCUT2D eigenvalue weighted by Gasteiger charge is -2.17. The van der Waals surface area contributed by atoms with E-state index in [1.807, 2.05) is 12.1 Å². The molecule has 0 fully saturated rings. The first-order chi connectivity index (χ1) is 22.2. The van der Waals surface area contributed by atoms with Crippen LogP contribution in [0, 0.1) is 0 Å². The first-order valence-electron chi connectivity index (χ1n) is 15.4. The van der Waals surface area contributed by atoms with Crippen molar-refractivity contribution in [1.82, 2.24) is 0 Å². The van der Waals surface area contributed by atoms with E-state index >= 15 is 0 Å². The van der Waals surface area contributed by atoms with Gasteiger partial charge in [0, 0.05) is 0 Å². The Morgan fingerprint density at radius 2 is 0.733 bits per heavy atom. The molecule has 0 saturated carbocycles. The van der Waals surface area contributed by atoms with Gasteiger partial charge in [-0.15, -0.1) is 0 Å². The number of aromatic hydroxyl groups is 1. The molecule has 0 saturated heterocycles. The summed E-state index contributed by atoms with van der Waals surface area (Å²) in [5.41, 5.74) is 7.08. The molecule has 0 spiro atoms. The van der Waals surface area contributed by atoms with Crippen molar-refractivity contribution in [3.05, 3.63) is 164 Å². The van der Waals surface area contributed by atoms with Gasteiger partial charge in [-0.3, -0.25) is 0 Å². The van der Waals surface area contributed by atoms with Crippen molar-refractivity contribution >= 4 is 53.9 Å². The summed E-state index contributed by atoms with van der Waals surface area (Å²) in [6.07, 6.45) is 0. The smallest absolute Gasteiger partial charge is 0.115 e. The van der Waals surface area contributed by atoms with Crippen LogP contribution < -0.4 is 0 Å². The Morgan fingerprint density at radius 1 is 0.267 bits per heavy atom. The summed E-state index contributed by atoms with van der Waals surface area (Å²) in [7, 11) is 0. The fourth-order valence-corrected chi connectivity index (χ4v) is 7.02. The molecule has 9 aromatic rings. The second kappa shape index (κ2) is 10.1. The topological polar surface area (TPSA) is 20.2 Å². The summed E-state index contributed by atoms with van der Waals surface area (Å²) >= 11 is 0. The Bertz CT molecular complexity index is 2590. The van der Waals surface area contributed by atoms with Crippen molar-refractivity contribution in [3.8, 4) is 39.1 Å². The second-order valence-electron chi connectivity index (χ2n) is 11.9. The van der Waals surface area contributed by atoms with Gasteiger partial charge in [0.2, 0.25) is 0 Å². The number of fused-ring (bicyclic) bond motifs is 7. The second-order valence-corrected chi connectivity index (χ2v) is 11.9. The zero-order valence-corrected chi connectivity index (χ0v) is 24.5. The van der Waals surface area contributed by atoms with E-state index in [0.717, 1.165) is 11.1 Å². The van der Waals surface area contributed by atoms with Crippen LogP contribution in [-0.4, -0.2) is 5.11 Å². The van der Waals surface area contributed by atoms with Gasteiger partial charge in [-0.1, -0.05) is 121 Å². The van der Waals surface area contributed by atoms with Gasteiger partial charge in [0.1, 0.15) is 5.75 Å². The van der Waals surface area contributed by atoms with Crippen molar-refractivity contribution in [2.45, 2.75) is 0 Å². The number of hydrogen-bond acceptors (Lipinski definition) is 1. The molecule has 9 rings (SSSR count). The molecule has 0 aliphatic carbocycles. The lowest BCUT2D eigenvalue weighted by Crippen LogP contribution is -1.90. The van der Waals surface area contributed by atoms with Crippen molar-refractivity contribution < 1.29 is 5.11 Å². The minimum Gasteiger partial charge on any atom is -0.508 e. The van der Waals surface area contributed by atoms with E-state index in [2.05, 4.69) is 140 Å². The van der Waals surface area contributed by atoms with E-state index in [9.17, 15) is 5.11 Å². The maximum Gasteiger partial charge on any atom is 0.115 e. The Labute approximate surface area is 261 Å². The fraction of sp³-hybridized carbons (Fsp3) is 0. The van der Waals surface area contributed by atoms with Gasteiger partial charge in [-0.25, -0.2) is 0 Å². The number of hydrogen-bond donors (Lipinski definition) is 1. The number of rotatable bonds is 3. The van der Waals surface area contributed by atoms with Gasteiger partial charge < -0.3 is 5.11 Å². The Hall–Kier alpha value is -5.92. The third kappa shape index (κ3) is 4.24. The zero-order valence-electron chi connectivity index (χ0n) is 24.5. The molecule has 1 nitrogen and oxygen atoms in total. The Balaban J connectivity index is 1.38. The molecule has 0 amide bonds. The maximum atomic E-state index is 9.94. The molecule has 0 radical (unpaired) electrons. The molecule has 210 valence electrons. The highest BCUT2D eigenvalue weighted by molar-refractivity contribution is 6.24. The summed E-state index contributed by atoms with van der Waals surface area (Å²) in [6.45, 7) is 0. The third-order valence-electron chi connectivity index (χ3n) is 9.30. The molecule has 45 heavy (non-hydrogen) atoms. The van der Waals surface area contributed by atoms with E-state index in [1.165, 1.54) is 76.1 Å². The molecule has 9 aromatic carbocycles. The fourth-order valence-electron chi connectivity index (χ4n) is 7.02. The van der Waals surface area contributed by atoms with Gasteiger partial charge >= 0.3 is 0 Å². The average Bonchev–Trinajstić information content (AvgIpc) is 3.10. The highest BCUT2D eigenvalue weighted by Gasteiger charge is 2.16. The first-order valence-corrected chi connectivity index (χ1v) is 15.4. The summed E-state index contributed by atoms with van der Waals surface area (Å²) in [4.78, 5) is 0.